The maximum absolute atomic E-state index is 14.8. The quantitative estimate of drug-likeness (QED) is 0.522. The Morgan fingerprint density at radius 1 is 1.28 bits per heavy atom. The molecular formula is C17H27FO6S. The van der Waals surface area contributed by atoms with E-state index in [4.69, 9.17) is 4.74 Å². The molecule has 0 aromatic heterocycles. The highest BCUT2D eigenvalue weighted by atomic mass is 32.2. The number of hydrogen-bond acceptors (Lipinski definition) is 5. The number of esters is 1. The van der Waals surface area contributed by atoms with Crippen LogP contribution in [0.3, 0.4) is 0 Å². The molecular weight excluding hydrogens is 351 g/mol. The van der Waals surface area contributed by atoms with Crippen LogP contribution < -0.4 is 0 Å². The summed E-state index contributed by atoms with van der Waals surface area (Å²) in [5.41, 5.74) is -1.14. The molecule has 3 unspecified atom stereocenters. The van der Waals surface area contributed by atoms with Crippen molar-refractivity contribution < 1.29 is 32.0 Å². The zero-order valence-electron chi connectivity index (χ0n) is 14.5. The largest absolute Gasteiger partial charge is 0.462 e. The summed E-state index contributed by atoms with van der Waals surface area (Å²) >= 11 is 0. The van der Waals surface area contributed by atoms with Crippen LogP contribution in [0, 0.1) is 17.3 Å². The zero-order valence-corrected chi connectivity index (χ0v) is 15.4. The molecule has 2 N–H and O–H groups in total. The van der Waals surface area contributed by atoms with E-state index in [1.807, 2.05) is 0 Å². The van der Waals surface area contributed by atoms with Gasteiger partial charge in [0.15, 0.2) is 0 Å². The average molecular weight is 378 g/mol. The fourth-order valence-corrected chi connectivity index (χ4v) is 6.31. The number of aliphatic hydroxyl groups is 1. The second-order valence-electron chi connectivity index (χ2n) is 8.57. The summed E-state index contributed by atoms with van der Waals surface area (Å²) in [5.74, 6) is -0.783. The third kappa shape index (κ3) is 3.45. The molecule has 144 valence electrons. The molecule has 3 atom stereocenters. The van der Waals surface area contributed by atoms with Crippen LogP contribution in [0.5, 0.6) is 0 Å². The summed E-state index contributed by atoms with van der Waals surface area (Å²) in [6.07, 6.45) is 4.69. The molecule has 0 spiro atoms. The van der Waals surface area contributed by atoms with Crippen molar-refractivity contribution in [2.24, 2.45) is 17.3 Å². The summed E-state index contributed by atoms with van der Waals surface area (Å²) in [4.78, 5) is 12.2. The molecule has 0 amide bonds. The standard InChI is InChI=1S/C17H27FO6S/c1-2-3-4-17(18,25(21,22)23)14(19)24-11-15-6-12-5-13(7-15)9-16(20,8-12)10-15/h12-13,20H,2-11H2,1H3,(H,21,22,23). The summed E-state index contributed by atoms with van der Waals surface area (Å²) < 4.78 is 51.9. The maximum atomic E-state index is 14.8. The topological polar surface area (TPSA) is 101 Å². The molecule has 4 fully saturated rings. The summed E-state index contributed by atoms with van der Waals surface area (Å²) in [6.45, 7) is 1.63. The van der Waals surface area contributed by atoms with Crippen molar-refractivity contribution in [2.75, 3.05) is 6.61 Å². The molecule has 4 saturated carbocycles. The van der Waals surface area contributed by atoms with Gasteiger partial charge in [0.2, 0.25) is 0 Å². The fourth-order valence-electron chi connectivity index (χ4n) is 5.64. The van der Waals surface area contributed by atoms with Crippen LogP contribution in [0.1, 0.15) is 64.7 Å². The molecule has 4 aliphatic carbocycles. The summed E-state index contributed by atoms with van der Waals surface area (Å²) in [6, 6.07) is 0. The van der Waals surface area contributed by atoms with E-state index in [1.54, 1.807) is 6.92 Å². The normalized spacial score (nSPS) is 39.2. The van der Waals surface area contributed by atoms with Crippen LogP contribution in [0.2, 0.25) is 0 Å². The Hall–Kier alpha value is -0.730. The second-order valence-corrected chi connectivity index (χ2v) is 10.2. The van der Waals surface area contributed by atoms with Crippen molar-refractivity contribution in [2.45, 2.75) is 75.3 Å². The van der Waals surface area contributed by atoms with Crippen molar-refractivity contribution in [3.8, 4) is 0 Å². The smallest absolute Gasteiger partial charge is 0.362 e. The fraction of sp³-hybridized carbons (Fsp3) is 0.941. The van der Waals surface area contributed by atoms with Crippen LogP contribution >= 0.6 is 0 Å². The molecule has 25 heavy (non-hydrogen) atoms. The van der Waals surface area contributed by atoms with E-state index in [9.17, 15) is 27.3 Å². The first kappa shape index (κ1) is 19.0. The number of carbonyl (C=O) groups is 1. The van der Waals surface area contributed by atoms with Crippen LogP contribution in [0.15, 0.2) is 0 Å². The molecule has 4 aliphatic rings. The summed E-state index contributed by atoms with van der Waals surface area (Å²) in [5, 5.41) is 7.27. The Balaban J connectivity index is 1.71. The van der Waals surface area contributed by atoms with Crippen molar-refractivity contribution >= 4 is 16.1 Å². The SMILES string of the molecule is CCCCC(F)(C(=O)OCC12CC3CC(CC(O)(C3)C1)C2)S(=O)(=O)O. The first-order chi connectivity index (χ1) is 11.5. The van der Waals surface area contributed by atoms with Gasteiger partial charge in [0, 0.05) is 11.8 Å². The third-order valence-electron chi connectivity index (χ3n) is 6.23. The van der Waals surface area contributed by atoms with Crippen LogP contribution in [0.25, 0.3) is 0 Å². The van der Waals surface area contributed by atoms with Crippen LogP contribution in [-0.2, 0) is 19.6 Å². The van der Waals surface area contributed by atoms with Gasteiger partial charge in [0.25, 0.3) is 0 Å². The van der Waals surface area contributed by atoms with Gasteiger partial charge >= 0.3 is 21.1 Å². The van der Waals surface area contributed by atoms with Crippen LogP contribution in [-0.4, -0.2) is 41.3 Å². The molecule has 0 heterocycles. The minimum absolute atomic E-state index is 0.103. The lowest BCUT2D eigenvalue weighted by Gasteiger charge is -2.59. The highest BCUT2D eigenvalue weighted by Gasteiger charge is 2.59. The average Bonchev–Trinajstić information content (AvgIpc) is 2.46. The van der Waals surface area contributed by atoms with Gasteiger partial charge in [0.05, 0.1) is 12.2 Å². The van der Waals surface area contributed by atoms with E-state index in [0.717, 1.165) is 32.1 Å². The molecule has 0 aromatic carbocycles. The minimum atomic E-state index is -5.22. The van der Waals surface area contributed by atoms with E-state index in [-0.39, 0.29) is 13.0 Å². The first-order valence-electron chi connectivity index (χ1n) is 9.06. The van der Waals surface area contributed by atoms with Gasteiger partial charge in [-0.3, -0.25) is 4.55 Å². The first-order valence-corrected chi connectivity index (χ1v) is 10.5. The Labute approximate surface area is 147 Å². The lowest BCUT2D eigenvalue weighted by Crippen LogP contribution is -2.57. The Kier molecular flexibility index (Phi) is 4.70. The predicted octanol–water partition coefficient (Wildman–Crippen LogP) is 2.60. The Bertz CT molecular complexity index is 634. The van der Waals surface area contributed by atoms with Gasteiger partial charge in [-0.2, -0.15) is 8.42 Å². The number of rotatable bonds is 7. The van der Waals surface area contributed by atoms with E-state index in [0.29, 0.717) is 24.7 Å². The third-order valence-corrected chi connectivity index (χ3v) is 7.41. The van der Waals surface area contributed by atoms with E-state index in [1.165, 1.54) is 0 Å². The minimum Gasteiger partial charge on any atom is -0.462 e. The number of halogens is 1. The van der Waals surface area contributed by atoms with Crippen molar-refractivity contribution in [1.82, 2.24) is 0 Å². The lowest BCUT2D eigenvalue weighted by molar-refractivity contribution is -0.190. The number of hydrogen-bond donors (Lipinski definition) is 2. The molecule has 0 saturated heterocycles. The van der Waals surface area contributed by atoms with E-state index < -0.39 is 38.5 Å². The van der Waals surface area contributed by atoms with Crippen molar-refractivity contribution in [1.29, 1.82) is 0 Å². The number of alkyl halides is 1. The maximum Gasteiger partial charge on any atom is 0.362 e. The number of unbranched alkanes of at least 4 members (excludes halogenated alkanes) is 1. The second kappa shape index (κ2) is 6.16. The molecule has 0 aliphatic heterocycles. The predicted molar refractivity (Wildman–Crippen MR) is 87.9 cm³/mol. The van der Waals surface area contributed by atoms with Crippen LogP contribution in [0.4, 0.5) is 4.39 Å². The molecule has 4 rings (SSSR count). The van der Waals surface area contributed by atoms with Crippen molar-refractivity contribution in [3.63, 3.8) is 0 Å². The van der Waals surface area contributed by atoms with Gasteiger partial charge in [-0.1, -0.05) is 13.3 Å². The molecule has 0 radical (unpaired) electrons. The lowest BCUT2D eigenvalue weighted by atomic mass is 9.48. The number of ether oxygens (including phenoxy) is 1. The molecule has 6 nitrogen and oxygen atoms in total. The highest BCUT2D eigenvalue weighted by molar-refractivity contribution is 7.87. The molecule has 8 heteroatoms. The van der Waals surface area contributed by atoms with E-state index >= 15 is 0 Å². The summed E-state index contributed by atoms with van der Waals surface area (Å²) in [7, 11) is -5.22. The highest BCUT2D eigenvalue weighted by Crippen LogP contribution is 2.61. The number of carbonyl (C=O) groups excluding carboxylic acids is 1. The molecule has 4 bridgehead atoms. The Morgan fingerprint density at radius 3 is 2.36 bits per heavy atom. The van der Waals surface area contributed by atoms with Gasteiger partial charge < -0.3 is 9.84 Å². The molecule has 0 aromatic rings. The Morgan fingerprint density at radius 2 is 1.88 bits per heavy atom. The zero-order chi connectivity index (χ0) is 18.5. The van der Waals surface area contributed by atoms with Crippen molar-refractivity contribution in [3.05, 3.63) is 0 Å². The van der Waals surface area contributed by atoms with Gasteiger partial charge in [-0.25, -0.2) is 9.18 Å². The van der Waals surface area contributed by atoms with Gasteiger partial charge in [-0.05, 0) is 56.8 Å². The van der Waals surface area contributed by atoms with E-state index in [2.05, 4.69) is 0 Å². The van der Waals surface area contributed by atoms with Gasteiger partial charge in [-0.15, -0.1) is 0 Å². The van der Waals surface area contributed by atoms with Gasteiger partial charge in [0.1, 0.15) is 0 Å². The monoisotopic (exact) mass is 378 g/mol.